The van der Waals surface area contributed by atoms with E-state index in [4.69, 9.17) is 0 Å². The zero-order valence-electron chi connectivity index (χ0n) is 18.4. The Kier molecular flexibility index (Phi) is 7.44. The van der Waals surface area contributed by atoms with E-state index >= 15 is 0 Å². The van der Waals surface area contributed by atoms with Crippen molar-refractivity contribution in [1.29, 1.82) is 0 Å². The van der Waals surface area contributed by atoms with Gasteiger partial charge in [-0.3, -0.25) is 4.79 Å². The molecule has 4 nitrogen and oxygen atoms in total. The van der Waals surface area contributed by atoms with Gasteiger partial charge in [-0.1, -0.05) is 45.0 Å². The summed E-state index contributed by atoms with van der Waals surface area (Å²) in [4.78, 5) is 12.6. The lowest BCUT2D eigenvalue weighted by molar-refractivity contribution is -0.124. The SMILES string of the molecule is CCc1cccc(CNC[C@@H](O)[C@H](Cc2cc(F)cc(F)c2)NC(=O)C2CC2(C)C)c1. The third-order valence-corrected chi connectivity index (χ3v) is 6.08. The number of carbonyl (C=O) groups excluding carboxylic acids is 1. The van der Waals surface area contributed by atoms with Crippen LogP contribution in [0.2, 0.25) is 0 Å². The molecule has 3 atom stereocenters. The Morgan fingerprint density at radius 3 is 2.39 bits per heavy atom. The van der Waals surface area contributed by atoms with Gasteiger partial charge in [0, 0.05) is 25.1 Å². The standard InChI is InChI=1S/C25H32F2N2O2/c1-4-16-6-5-7-17(8-16)14-28-15-23(30)22(29-24(31)21-13-25(21,2)3)11-18-9-19(26)12-20(27)10-18/h5-10,12,21-23,28,30H,4,11,13-15H2,1-3H3,(H,29,31)/t21?,22-,23+/m0/s1. The Labute approximate surface area is 183 Å². The number of rotatable bonds is 10. The van der Waals surface area contributed by atoms with Gasteiger partial charge in [0.1, 0.15) is 11.6 Å². The first-order valence-electron chi connectivity index (χ1n) is 10.9. The first-order chi connectivity index (χ1) is 14.7. The van der Waals surface area contributed by atoms with Gasteiger partial charge in [-0.15, -0.1) is 0 Å². The van der Waals surface area contributed by atoms with E-state index < -0.39 is 23.8 Å². The van der Waals surface area contributed by atoms with Crippen molar-refractivity contribution in [1.82, 2.24) is 10.6 Å². The summed E-state index contributed by atoms with van der Waals surface area (Å²) in [5.41, 5.74) is 2.70. The number of nitrogens with one attached hydrogen (secondary N) is 2. The second-order valence-corrected chi connectivity index (χ2v) is 9.21. The molecular weight excluding hydrogens is 398 g/mol. The molecule has 0 heterocycles. The fourth-order valence-electron chi connectivity index (χ4n) is 3.93. The molecule has 0 spiro atoms. The molecule has 6 heteroatoms. The largest absolute Gasteiger partial charge is 0.390 e. The van der Waals surface area contributed by atoms with Crippen molar-refractivity contribution in [3.63, 3.8) is 0 Å². The average Bonchev–Trinajstić information content (AvgIpc) is 3.35. The van der Waals surface area contributed by atoms with E-state index in [1.54, 1.807) is 0 Å². The molecule has 2 aromatic carbocycles. The lowest BCUT2D eigenvalue weighted by Gasteiger charge is -2.25. The highest BCUT2D eigenvalue weighted by molar-refractivity contribution is 5.82. The van der Waals surface area contributed by atoms with Crippen molar-refractivity contribution in [2.75, 3.05) is 6.54 Å². The van der Waals surface area contributed by atoms with Crippen molar-refractivity contribution in [3.05, 3.63) is 70.8 Å². The summed E-state index contributed by atoms with van der Waals surface area (Å²) in [6, 6.07) is 10.8. The summed E-state index contributed by atoms with van der Waals surface area (Å²) < 4.78 is 27.3. The third-order valence-electron chi connectivity index (χ3n) is 6.08. The van der Waals surface area contributed by atoms with Crippen LogP contribution in [0.4, 0.5) is 8.78 Å². The maximum atomic E-state index is 13.6. The van der Waals surface area contributed by atoms with Crippen LogP contribution in [0.15, 0.2) is 42.5 Å². The molecule has 1 amide bonds. The van der Waals surface area contributed by atoms with Gasteiger partial charge in [0.05, 0.1) is 12.1 Å². The third kappa shape index (κ3) is 6.58. The van der Waals surface area contributed by atoms with E-state index in [1.165, 1.54) is 17.7 Å². The summed E-state index contributed by atoms with van der Waals surface area (Å²) in [5, 5.41) is 16.9. The van der Waals surface area contributed by atoms with Crippen LogP contribution in [0.25, 0.3) is 0 Å². The summed E-state index contributed by atoms with van der Waals surface area (Å²) in [6.07, 6.45) is 0.975. The minimum absolute atomic E-state index is 0.0485. The van der Waals surface area contributed by atoms with Gasteiger partial charge in [-0.05, 0) is 53.5 Å². The van der Waals surface area contributed by atoms with Crippen LogP contribution in [0, 0.1) is 23.0 Å². The van der Waals surface area contributed by atoms with E-state index in [-0.39, 0.29) is 30.2 Å². The summed E-state index contributed by atoms with van der Waals surface area (Å²) in [6.45, 7) is 6.97. The van der Waals surface area contributed by atoms with Gasteiger partial charge < -0.3 is 15.7 Å². The number of hydrogen-bond acceptors (Lipinski definition) is 3. The topological polar surface area (TPSA) is 61.4 Å². The lowest BCUT2D eigenvalue weighted by Crippen LogP contribution is -2.49. The minimum Gasteiger partial charge on any atom is -0.390 e. The molecule has 3 rings (SSSR count). The van der Waals surface area contributed by atoms with Crippen molar-refractivity contribution in [2.45, 2.75) is 58.7 Å². The van der Waals surface area contributed by atoms with E-state index in [1.807, 2.05) is 26.0 Å². The van der Waals surface area contributed by atoms with Crippen LogP contribution in [0.1, 0.15) is 43.9 Å². The predicted octanol–water partition coefficient (Wildman–Crippen LogP) is 3.75. The average molecular weight is 431 g/mol. The smallest absolute Gasteiger partial charge is 0.223 e. The number of hydrogen-bond donors (Lipinski definition) is 3. The molecular formula is C25H32F2N2O2. The monoisotopic (exact) mass is 430 g/mol. The number of benzene rings is 2. The molecule has 168 valence electrons. The Morgan fingerprint density at radius 1 is 1.13 bits per heavy atom. The highest BCUT2D eigenvalue weighted by Crippen LogP contribution is 2.51. The Bertz CT molecular complexity index is 896. The van der Waals surface area contributed by atoms with Crippen LogP contribution >= 0.6 is 0 Å². The lowest BCUT2D eigenvalue weighted by atomic mass is 9.99. The normalized spacial score (nSPS) is 19.0. The molecule has 1 aliphatic rings. The molecule has 0 aromatic heterocycles. The Hall–Kier alpha value is -2.31. The van der Waals surface area contributed by atoms with Crippen LogP contribution in [0.3, 0.4) is 0 Å². The number of aryl methyl sites for hydroxylation is 1. The molecule has 1 aliphatic carbocycles. The van der Waals surface area contributed by atoms with Crippen LogP contribution in [-0.4, -0.2) is 29.7 Å². The molecule has 0 saturated heterocycles. The molecule has 1 saturated carbocycles. The fourth-order valence-corrected chi connectivity index (χ4v) is 3.93. The number of aliphatic hydroxyl groups excluding tert-OH is 1. The first-order valence-corrected chi connectivity index (χ1v) is 10.9. The van der Waals surface area contributed by atoms with Crippen molar-refractivity contribution < 1.29 is 18.7 Å². The molecule has 0 bridgehead atoms. The minimum atomic E-state index is -0.911. The van der Waals surface area contributed by atoms with Crippen LogP contribution < -0.4 is 10.6 Å². The van der Waals surface area contributed by atoms with Gasteiger partial charge in [-0.25, -0.2) is 8.78 Å². The van der Waals surface area contributed by atoms with Gasteiger partial charge in [0.15, 0.2) is 0 Å². The first kappa shape index (κ1) is 23.4. The van der Waals surface area contributed by atoms with Gasteiger partial charge >= 0.3 is 0 Å². The van der Waals surface area contributed by atoms with E-state index in [9.17, 15) is 18.7 Å². The highest BCUT2D eigenvalue weighted by atomic mass is 19.1. The van der Waals surface area contributed by atoms with E-state index in [0.717, 1.165) is 24.5 Å². The van der Waals surface area contributed by atoms with Crippen molar-refractivity contribution in [2.24, 2.45) is 11.3 Å². The molecule has 0 aliphatic heterocycles. The Balaban J connectivity index is 1.64. The summed E-state index contributed by atoms with van der Waals surface area (Å²) in [5.74, 6) is -1.57. The van der Waals surface area contributed by atoms with Gasteiger partial charge in [-0.2, -0.15) is 0 Å². The molecule has 2 aromatic rings. The van der Waals surface area contributed by atoms with E-state index in [2.05, 4.69) is 29.7 Å². The van der Waals surface area contributed by atoms with Crippen LogP contribution in [-0.2, 0) is 24.2 Å². The molecule has 1 fully saturated rings. The number of amides is 1. The fraction of sp³-hybridized carbons (Fsp3) is 0.480. The van der Waals surface area contributed by atoms with Crippen molar-refractivity contribution >= 4 is 5.91 Å². The molecule has 1 unspecified atom stereocenters. The van der Waals surface area contributed by atoms with Gasteiger partial charge in [0.25, 0.3) is 0 Å². The second-order valence-electron chi connectivity index (χ2n) is 9.21. The maximum Gasteiger partial charge on any atom is 0.223 e. The van der Waals surface area contributed by atoms with E-state index in [0.29, 0.717) is 12.1 Å². The molecule has 3 N–H and O–H groups in total. The molecule has 0 radical (unpaired) electrons. The predicted molar refractivity (Wildman–Crippen MR) is 117 cm³/mol. The number of aliphatic hydroxyl groups is 1. The maximum absolute atomic E-state index is 13.6. The highest BCUT2D eigenvalue weighted by Gasteiger charge is 2.51. The molecule has 31 heavy (non-hydrogen) atoms. The van der Waals surface area contributed by atoms with Crippen molar-refractivity contribution in [3.8, 4) is 0 Å². The number of carbonyl (C=O) groups is 1. The zero-order valence-corrected chi connectivity index (χ0v) is 18.4. The second kappa shape index (κ2) is 9.88. The Morgan fingerprint density at radius 2 is 1.77 bits per heavy atom. The quantitative estimate of drug-likeness (QED) is 0.538. The van der Waals surface area contributed by atoms with Crippen LogP contribution in [0.5, 0.6) is 0 Å². The zero-order chi connectivity index (χ0) is 22.6. The number of halogens is 2. The van der Waals surface area contributed by atoms with Gasteiger partial charge in [0.2, 0.25) is 5.91 Å². The summed E-state index contributed by atoms with van der Waals surface area (Å²) in [7, 11) is 0. The summed E-state index contributed by atoms with van der Waals surface area (Å²) >= 11 is 0.